The first-order valence-corrected chi connectivity index (χ1v) is 11.1. The van der Waals surface area contributed by atoms with Crippen molar-refractivity contribution in [1.82, 2.24) is 10.2 Å². The van der Waals surface area contributed by atoms with Crippen LogP contribution in [0.3, 0.4) is 0 Å². The lowest BCUT2D eigenvalue weighted by Gasteiger charge is -2.35. The van der Waals surface area contributed by atoms with Crippen molar-refractivity contribution in [2.45, 2.75) is 13.0 Å². The second-order valence-electron chi connectivity index (χ2n) is 8.05. The summed E-state index contributed by atoms with van der Waals surface area (Å²) in [5.74, 6) is 1.03. The van der Waals surface area contributed by atoms with E-state index >= 15 is 0 Å². The van der Waals surface area contributed by atoms with Gasteiger partial charge in [0, 0.05) is 25.2 Å². The van der Waals surface area contributed by atoms with Gasteiger partial charge in [-0.05, 0) is 55.0 Å². The summed E-state index contributed by atoms with van der Waals surface area (Å²) in [4.78, 5) is 15.3. The largest absolute Gasteiger partial charge is 0.457 e. The third-order valence-electron chi connectivity index (χ3n) is 5.68. The van der Waals surface area contributed by atoms with E-state index in [4.69, 9.17) is 14.7 Å². The Morgan fingerprint density at radius 2 is 1.82 bits per heavy atom. The number of rotatable bonds is 7. The molecule has 0 saturated carbocycles. The summed E-state index contributed by atoms with van der Waals surface area (Å²) < 4.78 is 11.4. The van der Waals surface area contributed by atoms with Crippen LogP contribution >= 0.6 is 0 Å². The van der Waals surface area contributed by atoms with Gasteiger partial charge >= 0.3 is 0 Å². The van der Waals surface area contributed by atoms with Gasteiger partial charge in [0.1, 0.15) is 11.5 Å². The average Bonchev–Trinajstić information content (AvgIpc) is 2.85. The quantitative estimate of drug-likeness (QED) is 0.586. The minimum atomic E-state index is -0.147. The van der Waals surface area contributed by atoms with E-state index in [1.807, 2.05) is 0 Å². The third kappa shape index (κ3) is 5.98. The maximum Gasteiger partial charge on any atom is 0.251 e. The molecule has 33 heavy (non-hydrogen) atoms. The number of carbonyl (C=O) groups is 1. The Kier molecular flexibility index (Phi) is 7.36. The molecule has 1 aliphatic rings. The summed E-state index contributed by atoms with van der Waals surface area (Å²) in [6.07, 6.45) is 0. The van der Waals surface area contributed by atoms with Crippen molar-refractivity contribution in [1.29, 1.82) is 5.26 Å². The highest BCUT2D eigenvalue weighted by Crippen LogP contribution is 2.24. The van der Waals surface area contributed by atoms with Gasteiger partial charge < -0.3 is 14.8 Å². The Hall–Kier alpha value is -3.66. The number of hydrogen-bond acceptors (Lipinski definition) is 5. The van der Waals surface area contributed by atoms with Crippen LogP contribution in [-0.4, -0.2) is 43.7 Å². The zero-order valence-corrected chi connectivity index (χ0v) is 18.7. The SMILES string of the molecule is Cc1cccc(C(CNC(=O)c2cccc(Oc3ccc(C#N)cc3)c2)N2CCOCC2)c1. The van der Waals surface area contributed by atoms with E-state index in [1.165, 1.54) is 11.1 Å². The number of benzene rings is 3. The van der Waals surface area contributed by atoms with E-state index in [-0.39, 0.29) is 11.9 Å². The predicted molar refractivity (Wildman–Crippen MR) is 126 cm³/mol. The molecule has 6 heteroatoms. The zero-order valence-electron chi connectivity index (χ0n) is 18.7. The number of nitrogens with zero attached hydrogens (tertiary/aromatic N) is 2. The third-order valence-corrected chi connectivity index (χ3v) is 5.68. The Morgan fingerprint density at radius 3 is 2.55 bits per heavy atom. The monoisotopic (exact) mass is 441 g/mol. The summed E-state index contributed by atoms with van der Waals surface area (Å²) in [5.41, 5.74) is 3.49. The van der Waals surface area contributed by atoms with E-state index in [0.29, 0.717) is 42.4 Å². The zero-order chi connectivity index (χ0) is 23.0. The average molecular weight is 442 g/mol. The van der Waals surface area contributed by atoms with Crippen LogP contribution in [0.2, 0.25) is 0 Å². The van der Waals surface area contributed by atoms with Gasteiger partial charge in [-0.1, -0.05) is 35.9 Å². The lowest BCUT2D eigenvalue weighted by atomic mass is 10.0. The van der Waals surface area contributed by atoms with Crippen LogP contribution < -0.4 is 10.1 Å². The number of morpholine rings is 1. The maximum atomic E-state index is 13.0. The molecule has 1 amide bonds. The molecule has 3 aromatic carbocycles. The molecule has 1 atom stereocenters. The van der Waals surface area contributed by atoms with Gasteiger partial charge in [-0.15, -0.1) is 0 Å². The van der Waals surface area contributed by atoms with E-state index in [2.05, 4.69) is 47.5 Å². The van der Waals surface area contributed by atoms with Crippen molar-refractivity contribution in [3.8, 4) is 17.6 Å². The van der Waals surface area contributed by atoms with Gasteiger partial charge in [-0.25, -0.2) is 0 Å². The van der Waals surface area contributed by atoms with Gasteiger partial charge in [0.25, 0.3) is 5.91 Å². The van der Waals surface area contributed by atoms with Crippen LogP contribution in [0.4, 0.5) is 0 Å². The van der Waals surface area contributed by atoms with Crippen LogP contribution in [0.25, 0.3) is 0 Å². The van der Waals surface area contributed by atoms with Gasteiger partial charge in [-0.2, -0.15) is 5.26 Å². The summed E-state index contributed by atoms with van der Waals surface area (Å²) in [6.45, 7) is 5.65. The molecule has 1 aliphatic heterocycles. The van der Waals surface area contributed by atoms with Crippen molar-refractivity contribution in [2.75, 3.05) is 32.8 Å². The first-order chi connectivity index (χ1) is 16.1. The van der Waals surface area contributed by atoms with E-state index in [0.717, 1.165) is 13.1 Å². The van der Waals surface area contributed by atoms with Crippen LogP contribution in [0.15, 0.2) is 72.8 Å². The predicted octanol–water partition coefficient (Wildman–Crippen LogP) is 4.46. The Balaban J connectivity index is 1.44. The minimum Gasteiger partial charge on any atom is -0.457 e. The fraction of sp³-hybridized carbons (Fsp3) is 0.259. The molecular weight excluding hydrogens is 414 g/mol. The molecule has 0 bridgehead atoms. The fourth-order valence-corrected chi connectivity index (χ4v) is 3.95. The summed E-state index contributed by atoms with van der Waals surface area (Å²) in [5, 5.41) is 12.0. The number of amides is 1. The van der Waals surface area contributed by atoms with E-state index in [1.54, 1.807) is 48.5 Å². The summed E-state index contributed by atoms with van der Waals surface area (Å²) >= 11 is 0. The highest BCUT2D eigenvalue weighted by Gasteiger charge is 2.23. The molecule has 0 aliphatic carbocycles. The molecule has 4 rings (SSSR count). The second-order valence-corrected chi connectivity index (χ2v) is 8.05. The number of nitrogens with one attached hydrogen (secondary N) is 1. The Bertz CT molecular complexity index is 1130. The minimum absolute atomic E-state index is 0.0795. The van der Waals surface area contributed by atoms with E-state index < -0.39 is 0 Å². The summed E-state index contributed by atoms with van der Waals surface area (Å²) in [6, 6.07) is 24.6. The van der Waals surface area contributed by atoms with Gasteiger partial charge in [0.15, 0.2) is 0 Å². The molecule has 168 valence electrons. The number of carbonyl (C=O) groups excluding carboxylic acids is 1. The van der Waals surface area contributed by atoms with Gasteiger partial charge in [0.05, 0.1) is 30.9 Å². The van der Waals surface area contributed by atoms with Crippen molar-refractivity contribution in [3.63, 3.8) is 0 Å². The molecule has 3 aromatic rings. The fourth-order valence-electron chi connectivity index (χ4n) is 3.95. The normalized spacial score (nSPS) is 14.8. The standard InChI is InChI=1S/C27H27N3O3/c1-20-4-2-5-22(16-20)26(30-12-14-32-15-13-30)19-29-27(31)23-6-3-7-25(17-23)33-24-10-8-21(18-28)9-11-24/h2-11,16-17,26H,12-15,19H2,1H3,(H,29,31). The molecule has 6 nitrogen and oxygen atoms in total. The van der Waals surface area contributed by atoms with Crippen molar-refractivity contribution in [3.05, 3.63) is 95.1 Å². The van der Waals surface area contributed by atoms with Gasteiger partial charge in [-0.3, -0.25) is 9.69 Å². The highest BCUT2D eigenvalue weighted by molar-refractivity contribution is 5.94. The molecule has 1 unspecified atom stereocenters. The molecular formula is C27H27N3O3. The lowest BCUT2D eigenvalue weighted by molar-refractivity contribution is 0.0162. The number of aryl methyl sites for hydroxylation is 1. The Morgan fingerprint density at radius 1 is 1.06 bits per heavy atom. The van der Waals surface area contributed by atoms with Gasteiger partial charge in [0.2, 0.25) is 0 Å². The molecule has 1 fully saturated rings. The molecule has 1 heterocycles. The number of ether oxygens (including phenoxy) is 2. The van der Waals surface area contributed by atoms with Crippen molar-refractivity contribution in [2.24, 2.45) is 0 Å². The first-order valence-electron chi connectivity index (χ1n) is 11.1. The first kappa shape index (κ1) is 22.5. The molecule has 0 radical (unpaired) electrons. The number of nitriles is 1. The van der Waals surface area contributed by atoms with Crippen LogP contribution in [0.1, 0.15) is 33.1 Å². The molecule has 1 saturated heterocycles. The molecule has 1 N–H and O–H groups in total. The topological polar surface area (TPSA) is 74.6 Å². The summed E-state index contributed by atoms with van der Waals surface area (Å²) in [7, 11) is 0. The highest BCUT2D eigenvalue weighted by atomic mass is 16.5. The lowest BCUT2D eigenvalue weighted by Crippen LogP contribution is -2.43. The molecule has 0 aromatic heterocycles. The van der Waals surface area contributed by atoms with Crippen LogP contribution in [-0.2, 0) is 4.74 Å². The van der Waals surface area contributed by atoms with Crippen LogP contribution in [0.5, 0.6) is 11.5 Å². The van der Waals surface area contributed by atoms with Crippen molar-refractivity contribution < 1.29 is 14.3 Å². The van der Waals surface area contributed by atoms with Crippen LogP contribution in [0, 0.1) is 18.3 Å². The van der Waals surface area contributed by atoms with Crippen molar-refractivity contribution >= 4 is 5.91 Å². The second kappa shape index (κ2) is 10.8. The van der Waals surface area contributed by atoms with E-state index in [9.17, 15) is 4.79 Å². The Labute approximate surface area is 194 Å². The number of hydrogen-bond donors (Lipinski definition) is 1. The smallest absolute Gasteiger partial charge is 0.251 e. The maximum absolute atomic E-state index is 13.0. The molecule has 0 spiro atoms.